The number of benzene rings is 2. The molecule has 0 spiro atoms. The predicted octanol–water partition coefficient (Wildman–Crippen LogP) is 3.71. The summed E-state index contributed by atoms with van der Waals surface area (Å²) < 4.78 is 28.2. The van der Waals surface area contributed by atoms with Crippen LogP contribution in [0, 0.1) is 17.0 Å². The van der Waals surface area contributed by atoms with Gasteiger partial charge in [-0.1, -0.05) is 40.2 Å². The summed E-state index contributed by atoms with van der Waals surface area (Å²) in [5, 5.41) is 11.0. The number of nitrogens with zero attached hydrogens (tertiary/aromatic N) is 1. The smallest absolute Gasteiger partial charge is 0.258 e. The third-order valence-corrected chi connectivity index (χ3v) is 5.65. The molecule has 2 rings (SSSR count). The Hall–Kier alpha value is -1.77. The van der Waals surface area contributed by atoms with Crippen molar-refractivity contribution in [2.24, 2.45) is 0 Å². The molecular formula is C15H15BrN2O4S. The number of nitro benzene ring substituents is 1. The van der Waals surface area contributed by atoms with Gasteiger partial charge in [-0.25, -0.2) is 13.1 Å². The molecule has 23 heavy (non-hydrogen) atoms. The zero-order chi connectivity index (χ0) is 17.2. The van der Waals surface area contributed by atoms with Crippen molar-refractivity contribution in [2.45, 2.75) is 24.8 Å². The van der Waals surface area contributed by atoms with E-state index in [9.17, 15) is 18.5 Å². The molecule has 1 N–H and O–H groups in total. The summed E-state index contributed by atoms with van der Waals surface area (Å²) in [5.41, 5.74) is 0.965. The number of sulfonamides is 1. The number of halogens is 1. The summed E-state index contributed by atoms with van der Waals surface area (Å²) in [7, 11) is -3.87. The van der Waals surface area contributed by atoms with Crippen LogP contribution in [0.15, 0.2) is 51.8 Å². The Balaban J connectivity index is 2.34. The second-order valence-corrected chi connectivity index (χ2v) is 7.64. The Morgan fingerprint density at radius 2 is 1.87 bits per heavy atom. The maximum absolute atomic E-state index is 12.5. The van der Waals surface area contributed by atoms with Gasteiger partial charge < -0.3 is 0 Å². The minimum Gasteiger partial charge on any atom is -0.258 e. The topological polar surface area (TPSA) is 89.3 Å². The fraction of sp³-hybridized carbons (Fsp3) is 0.200. The van der Waals surface area contributed by atoms with Crippen molar-refractivity contribution in [1.29, 1.82) is 0 Å². The van der Waals surface area contributed by atoms with E-state index in [1.807, 2.05) is 18.2 Å². The molecule has 1 atom stereocenters. The Kier molecular flexibility index (Phi) is 5.18. The monoisotopic (exact) mass is 398 g/mol. The van der Waals surface area contributed by atoms with E-state index >= 15 is 0 Å². The van der Waals surface area contributed by atoms with Crippen molar-refractivity contribution >= 4 is 31.6 Å². The number of aryl methyl sites for hydroxylation is 1. The lowest BCUT2D eigenvalue weighted by Gasteiger charge is -2.16. The first-order valence-corrected chi connectivity index (χ1v) is 9.02. The van der Waals surface area contributed by atoms with E-state index in [1.54, 1.807) is 19.9 Å². The molecule has 0 radical (unpaired) electrons. The highest BCUT2D eigenvalue weighted by atomic mass is 79.9. The van der Waals surface area contributed by atoms with Crippen LogP contribution in [0.3, 0.4) is 0 Å². The van der Waals surface area contributed by atoms with Crippen LogP contribution in [0.4, 0.5) is 5.69 Å². The molecule has 0 unspecified atom stereocenters. The van der Waals surface area contributed by atoms with Gasteiger partial charge in [-0.3, -0.25) is 10.1 Å². The lowest BCUT2D eigenvalue weighted by Crippen LogP contribution is -2.27. The SMILES string of the molecule is Cc1ccc(S(=O)(=O)N[C@@H](C)c2ccccc2Br)cc1[N+](=O)[O-]. The van der Waals surface area contributed by atoms with Gasteiger partial charge in [-0.05, 0) is 31.5 Å². The van der Waals surface area contributed by atoms with E-state index in [-0.39, 0.29) is 10.6 Å². The molecule has 0 aliphatic heterocycles. The van der Waals surface area contributed by atoms with Crippen molar-refractivity contribution in [2.75, 3.05) is 0 Å². The minimum atomic E-state index is -3.87. The van der Waals surface area contributed by atoms with Crippen LogP contribution in [0.5, 0.6) is 0 Å². The molecule has 6 nitrogen and oxygen atoms in total. The summed E-state index contributed by atoms with van der Waals surface area (Å²) in [6.07, 6.45) is 0. The van der Waals surface area contributed by atoms with Gasteiger partial charge in [-0.2, -0.15) is 0 Å². The average molecular weight is 399 g/mol. The standard InChI is InChI=1S/C15H15BrN2O4S/c1-10-7-8-12(9-15(10)18(19)20)23(21,22)17-11(2)13-5-3-4-6-14(13)16/h3-9,11,17H,1-2H3/t11-/m0/s1. The van der Waals surface area contributed by atoms with Crippen molar-refractivity contribution in [3.8, 4) is 0 Å². The van der Waals surface area contributed by atoms with E-state index in [4.69, 9.17) is 0 Å². The Morgan fingerprint density at radius 3 is 2.48 bits per heavy atom. The lowest BCUT2D eigenvalue weighted by atomic mass is 10.1. The molecule has 0 fully saturated rings. The Bertz CT molecular complexity index is 852. The van der Waals surface area contributed by atoms with Gasteiger partial charge in [0, 0.05) is 22.1 Å². The highest BCUT2D eigenvalue weighted by Crippen LogP contribution is 2.26. The van der Waals surface area contributed by atoms with Crippen LogP contribution in [-0.2, 0) is 10.0 Å². The van der Waals surface area contributed by atoms with Crippen LogP contribution in [0.25, 0.3) is 0 Å². The van der Waals surface area contributed by atoms with E-state index < -0.39 is 21.0 Å². The van der Waals surface area contributed by atoms with Gasteiger partial charge in [0.15, 0.2) is 0 Å². The second-order valence-electron chi connectivity index (χ2n) is 5.07. The van der Waals surface area contributed by atoms with E-state index in [0.717, 1.165) is 16.1 Å². The Morgan fingerprint density at radius 1 is 1.22 bits per heavy atom. The second kappa shape index (κ2) is 6.77. The average Bonchev–Trinajstić information content (AvgIpc) is 2.47. The summed E-state index contributed by atoms with van der Waals surface area (Å²) in [4.78, 5) is 10.3. The predicted molar refractivity (Wildman–Crippen MR) is 90.7 cm³/mol. The molecule has 0 saturated carbocycles. The minimum absolute atomic E-state index is 0.131. The third kappa shape index (κ3) is 3.95. The molecule has 0 bridgehead atoms. The molecule has 0 aliphatic rings. The first-order valence-electron chi connectivity index (χ1n) is 6.74. The van der Waals surface area contributed by atoms with Crippen LogP contribution < -0.4 is 4.72 Å². The highest BCUT2D eigenvalue weighted by Gasteiger charge is 2.22. The summed E-state index contributed by atoms with van der Waals surface area (Å²) in [5.74, 6) is 0. The quantitative estimate of drug-likeness (QED) is 0.613. The molecule has 122 valence electrons. The normalized spacial score (nSPS) is 12.8. The van der Waals surface area contributed by atoms with E-state index in [2.05, 4.69) is 20.7 Å². The van der Waals surface area contributed by atoms with Gasteiger partial charge in [0.25, 0.3) is 5.69 Å². The van der Waals surface area contributed by atoms with Crippen LogP contribution in [0.2, 0.25) is 0 Å². The molecule has 0 aromatic heterocycles. The van der Waals surface area contributed by atoms with Crippen LogP contribution in [-0.4, -0.2) is 13.3 Å². The van der Waals surface area contributed by atoms with Gasteiger partial charge in [0.05, 0.1) is 9.82 Å². The largest absolute Gasteiger partial charge is 0.273 e. The fourth-order valence-electron chi connectivity index (χ4n) is 2.14. The first-order chi connectivity index (χ1) is 10.7. The summed E-state index contributed by atoms with van der Waals surface area (Å²) in [6, 6.07) is 10.6. The zero-order valence-electron chi connectivity index (χ0n) is 12.5. The van der Waals surface area contributed by atoms with Crippen molar-refractivity contribution in [3.63, 3.8) is 0 Å². The first kappa shape index (κ1) is 17.6. The van der Waals surface area contributed by atoms with Crippen molar-refractivity contribution in [3.05, 3.63) is 68.2 Å². The number of nitrogens with one attached hydrogen (secondary N) is 1. The molecule has 2 aromatic carbocycles. The molecule has 0 heterocycles. The van der Waals surface area contributed by atoms with Gasteiger partial charge in [0.2, 0.25) is 10.0 Å². The maximum atomic E-state index is 12.5. The number of hydrogen-bond donors (Lipinski definition) is 1. The molecular weight excluding hydrogens is 384 g/mol. The van der Waals surface area contributed by atoms with Gasteiger partial charge in [-0.15, -0.1) is 0 Å². The van der Waals surface area contributed by atoms with Crippen molar-refractivity contribution in [1.82, 2.24) is 4.72 Å². The summed E-state index contributed by atoms with van der Waals surface area (Å²) >= 11 is 3.38. The van der Waals surface area contributed by atoms with Gasteiger partial charge >= 0.3 is 0 Å². The summed E-state index contributed by atoms with van der Waals surface area (Å²) in [6.45, 7) is 3.27. The third-order valence-electron chi connectivity index (χ3n) is 3.39. The maximum Gasteiger partial charge on any atom is 0.273 e. The molecule has 0 amide bonds. The van der Waals surface area contributed by atoms with Crippen LogP contribution in [0.1, 0.15) is 24.1 Å². The van der Waals surface area contributed by atoms with Crippen molar-refractivity contribution < 1.29 is 13.3 Å². The van der Waals surface area contributed by atoms with Crippen LogP contribution >= 0.6 is 15.9 Å². The van der Waals surface area contributed by atoms with Gasteiger partial charge in [0.1, 0.15) is 0 Å². The molecule has 8 heteroatoms. The van der Waals surface area contributed by atoms with E-state index in [1.165, 1.54) is 12.1 Å². The lowest BCUT2D eigenvalue weighted by molar-refractivity contribution is -0.385. The number of rotatable bonds is 5. The Labute approximate surface area is 142 Å². The number of nitro groups is 1. The zero-order valence-corrected chi connectivity index (χ0v) is 14.9. The molecule has 2 aromatic rings. The highest BCUT2D eigenvalue weighted by molar-refractivity contribution is 9.10. The molecule has 0 saturated heterocycles. The fourth-order valence-corrected chi connectivity index (χ4v) is 4.01. The van der Waals surface area contributed by atoms with E-state index in [0.29, 0.717) is 5.56 Å². The number of hydrogen-bond acceptors (Lipinski definition) is 4. The molecule has 0 aliphatic carbocycles.